The van der Waals surface area contributed by atoms with Crippen LogP contribution in [0.25, 0.3) is 10.9 Å². The molecule has 0 unspecified atom stereocenters. The lowest BCUT2D eigenvalue weighted by Gasteiger charge is -2.10. The number of aromatic nitrogens is 1. The summed E-state index contributed by atoms with van der Waals surface area (Å²) in [7, 11) is 0. The van der Waals surface area contributed by atoms with Crippen LogP contribution in [0.15, 0.2) is 42.5 Å². The van der Waals surface area contributed by atoms with Crippen LogP contribution in [-0.2, 0) is 14.3 Å². The Balaban J connectivity index is 1.53. The second kappa shape index (κ2) is 9.24. The Morgan fingerprint density at radius 1 is 1.00 bits per heavy atom. The maximum atomic E-state index is 13.6. The van der Waals surface area contributed by atoms with Gasteiger partial charge in [0, 0.05) is 11.1 Å². The van der Waals surface area contributed by atoms with Gasteiger partial charge >= 0.3 is 5.97 Å². The molecule has 0 aliphatic carbocycles. The number of para-hydroxylation sites is 1. The first kappa shape index (κ1) is 21.8. The number of esters is 1. The number of rotatable bonds is 6. The zero-order valence-corrected chi connectivity index (χ0v) is 16.2. The van der Waals surface area contributed by atoms with E-state index in [1.165, 1.54) is 6.07 Å². The van der Waals surface area contributed by atoms with Crippen molar-refractivity contribution in [3.63, 3.8) is 0 Å². The number of ether oxygens (including phenoxy) is 1. The average molecular weight is 431 g/mol. The van der Waals surface area contributed by atoms with E-state index in [-0.39, 0.29) is 5.56 Å². The minimum Gasteiger partial charge on any atom is -0.452 e. The van der Waals surface area contributed by atoms with Crippen LogP contribution >= 0.6 is 0 Å². The SMILES string of the molecule is Cc1cc(C(=O)OCC(=O)NCC(=O)Nc2ccc(F)c(F)c2F)c2ccccc2n1. The minimum absolute atomic E-state index is 0.238. The molecule has 3 rings (SSSR count). The summed E-state index contributed by atoms with van der Waals surface area (Å²) >= 11 is 0. The maximum absolute atomic E-state index is 13.6. The number of carbonyl (C=O) groups excluding carboxylic acids is 3. The van der Waals surface area contributed by atoms with E-state index in [1.807, 2.05) is 5.32 Å². The molecule has 1 aromatic heterocycles. The second-order valence-electron chi connectivity index (χ2n) is 6.45. The highest BCUT2D eigenvalue weighted by molar-refractivity contribution is 6.04. The van der Waals surface area contributed by atoms with Crippen molar-refractivity contribution < 1.29 is 32.3 Å². The van der Waals surface area contributed by atoms with Crippen LogP contribution in [0.1, 0.15) is 16.1 Å². The van der Waals surface area contributed by atoms with E-state index in [1.54, 1.807) is 31.2 Å². The fraction of sp³-hybridized carbons (Fsp3) is 0.143. The monoisotopic (exact) mass is 431 g/mol. The topological polar surface area (TPSA) is 97.4 Å². The van der Waals surface area contributed by atoms with Gasteiger partial charge in [-0.2, -0.15) is 0 Å². The molecular formula is C21H16F3N3O4. The molecule has 0 aliphatic rings. The summed E-state index contributed by atoms with van der Waals surface area (Å²) in [6.07, 6.45) is 0. The first-order valence-corrected chi connectivity index (χ1v) is 9.00. The van der Waals surface area contributed by atoms with E-state index in [4.69, 9.17) is 4.74 Å². The summed E-state index contributed by atoms with van der Waals surface area (Å²) in [4.78, 5) is 40.3. The number of anilines is 1. The summed E-state index contributed by atoms with van der Waals surface area (Å²) in [5.41, 5.74) is 0.850. The van der Waals surface area contributed by atoms with Gasteiger partial charge in [0.1, 0.15) is 0 Å². The molecule has 10 heteroatoms. The fourth-order valence-corrected chi connectivity index (χ4v) is 2.73. The third kappa shape index (κ3) is 5.16. The number of hydrogen-bond acceptors (Lipinski definition) is 5. The highest BCUT2D eigenvalue weighted by atomic mass is 19.2. The molecule has 0 saturated carbocycles. The van der Waals surface area contributed by atoms with Crippen molar-refractivity contribution in [2.24, 2.45) is 0 Å². The quantitative estimate of drug-likeness (QED) is 0.462. The van der Waals surface area contributed by atoms with Gasteiger partial charge in [-0.25, -0.2) is 18.0 Å². The van der Waals surface area contributed by atoms with Crippen molar-refractivity contribution in [1.29, 1.82) is 0 Å². The summed E-state index contributed by atoms with van der Waals surface area (Å²) in [6, 6.07) is 9.96. The van der Waals surface area contributed by atoms with Crippen LogP contribution in [0.4, 0.5) is 18.9 Å². The lowest BCUT2D eigenvalue weighted by molar-refractivity contribution is -0.126. The van der Waals surface area contributed by atoms with Gasteiger partial charge in [0.05, 0.1) is 23.3 Å². The Hall–Kier alpha value is -3.95. The Morgan fingerprint density at radius 2 is 1.74 bits per heavy atom. The van der Waals surface area contributed by atoms with Gasteiger partial charge in [-0.1, -0.05) is 18.2 Å². The van der Waals surface area contributed by atoms with Gasteiger partial charge < -0.3 is 15.4 Å². The van der Waals surface area contributed by atoms with Crippen LogP contribution in [0.3, 0.4) is 0 Å². The number of pyridine rings is 1. The fourth-order valence-electron chi connectivity index (χ4n) is 2.73. The van der Waals surface area contributed by atoms with E-state index in [0.717, 1.165) is 6.07 Å². The maximum Gasteiger partial charge on any atom is 0.339 e. The summed E-state index contributed by atoms with van der Waals surface area (Å²) < 4.78 is 44.6. The van der Waals surface area contributed by atoms with Crippen molar-refractivity contribution in [3.8, 4) is 0 Å². The Bertz CT molecular complexity index is 1180. The summed E-state index contributed by atoms with van der Waals surface area (Å²) in [5.74, 6) is -7.11. The zero-order valence-electron chi connectivity index (χ0n) is 16.2. The lowest BCUT2D eigenvalue weighted by atomic mass is 10.1. The standard InChI is InChI=1S/C21H16F3N3O4/c1-11-8-13(12-4-2-3-5-15(12)26-11)21(30)31-10-18(29)25-9-17(28)27-16-7-6-14(22)19(23)20(16)24/h2-8H,9-10H2,1H3,(H,25,29)(H,27,28). The van der Waals surface area contributed by atoms with Crippen LogP contribution in [0.5, 0.6) is 0 Å². The van der Waals surface area contributed by atoms with E-state index < -0.39 is 54.1 Å². The molecule has 0 saturated heterocycles. The van der Waals surface area contributed by atoms with E-state index in [2.05, 4.69) is 10.3 Å². The molecule has 0 bridgehead atoms. The molecule has 0 radical (unpaired) electrons. The molecular weight excluding hydrogens is 415 g/mol. The molecule has 0 fully saturated rings. The number of aryl methyl sites for hydroxylation is 1. The van der Waals surface area contributed by atoms with Crippen LogP contribution < -0.4 is 10.6 Å². The van der Waals surface area contributed by atoms with Crippen LogP contribution in [0.2, 0.25) is 0 Å². The average Bonchev–Trinajstić information content (AvgIpc) is 2.75. The van der Waals surface area contributed by atoms with Gasteiger partial charge in [0.2, 0.25) is 5.91 Å². The molecule has 0 atom stereocenters. The number of halogens is 3. The zero-order chi connectivity index (χ0) is 22.5. The molecule has 160 valence electrons. The van der Waals surface area contributed by atoms with Gasteiger partial charge in [-0.05, 0) is 31.2 Å². The van der Waals surface area contributed by atoms with Crippen molar-refractivity contribution >= 4 is 34.4 Å². The molecule has 1 heterocycles. The summed E-state index contributed by atoms with van der Waals surface area (Å²) in [6.45, 7) is 0.442. The van der Waals surface area contributed by atoms with Gasteiger partial charge in [-0.15, -0.1) is 0 Å². The number of carbonyl (C=O) groups is 3. The van der Waals surface area contributed by atoms with Gasteiger partial charge in [0.15, 0.2) is 24.1 Å². The van der Waals surface area contributed by atoms with Crippen LogP contribution in [-0.4, -0.2) is 35.9 Å². The number of hydrogen-bond donors (Lipinski definition) is 2. The third-order valence-corrected chi connectivity index (χ3v) is 4.15. The van der Waals surface area contributed by atoms with Crippen molar-refractivity contribution in [3.05, 3.63) is 71.2 Å². The van der Waals surface area contributed by atoms with Crippen molar-refractivity contribution in [1.82, 2.24) is 10.3 Å². The van der Waals surface area contributed by atoms with Crippen LogP contribution in [0, 0.1) is 24.4 Å². The largest absolute Gasteiger partial charge is 0.452 e. The van der Waals surface area contributed by atoms with Crippen molar-refractivity contribution in [2.75, 3.05) is 18.5 Å². The lowest BCUT2D eigenvalue weighted by Crippen LogP contribution is -2.35. The number of benzene rings is 2. The molecule has 2 N–H and O–H groups in total. The highest BCUT2D eigenvalue weighted by Gasteiger charge is 2.17. The number of nitrogens with one attached hydrogen (secondary N) is 2. The number of fused-ring (bicyclic) bond motifs is 1. The second-order valence-corrected chi connectivity index (χ2v) is 6.45. The first-order chi connectivity index (χ1) is 14.8. The van der Waals surface area contributed by atoms with Crippen molar-refractivity contribution in [2.45, 2.75) is 6.92 Å². The molecule has 3 aromatic rings. The normalized spacial score (nSPS) is 10.6. The first-order valence-electron chi connectivity index (χ1n) is 9.00. The highest BCUT2D eigenvalue weighted by Crippen LogP contribution is 2.20. The number of amides is 2. The van der Waals surface area contributed by atoms with Gasteiger partial charge in [0.25, 0.3) is 5.91 Å². The van der Waals surface area contributed by atoms with E-state index >= 15 is 0 Å². The Morgan fingerprint density at radius 3 is 2.52 bits per heavy atom. The molecule has 0 spiro atoms. The van der Waals surface area contributed by atoms with Gasteiger partial charge in [-0.3, -0.25) is 14.6 Å². The minimum atomic E-state index is -1.73. The predicted octanol–water partition coefficient (Wildman–Crippen LogP) is 2.87. The van der Waals surface area contributed by atoms with E-state index in [9.17, 15) is 27.6 Å². The Kier molecular flexibility index (Phi) is 6.49. The molecule has 7 nitrogen and oxygen atoms in total. The number of nitrogens with zero attached hydrogens (tertiary/aromatic N) is 1. The predicted molar refractivity (Wildman–Crippen MR) is 105 cm³/mol. The summed E-state index contributed by atoms with van der Waals surface area (Å²) in [5, 5.41) is 4.73. The molecule has 2 amide bonds. The Labute approximate surface area is 174 Å². The molecule has 0 aliphatic heterocycles. The third-order valence-electron chi connectivity index (χ3n) is 4.15. The molecule has 2 aromatic carbocycles. The molecule has 31 heavy (non-hydrogen) atoms. The van der Waals surface area contributed by atoms with E-state index in [0.29, 0.717) is 22.7 Å². The smallest absolute Gasteiger partial charge is 0.339 e.